The molecule has 3 heteroatoms. The fourth-order valence-electron chi connectivity index (χ4n) is 4.08. The Kier molecular flexibility index (Phi) is 7.85. The van der Waals surface area contributed by atoms with Crippen molar-refractivity contribution >= 4 is 0 Å². The van der Waals surface area contributed by atoms with Gasteiger partial charge in [0.2, 0.25) is 0 Å². The van der Waals surface area contributed by atoms with Crippen molar-refractivity contribution < 1.29 is 57.2 Å². The number of fused-ring (bicyclic) bond motifs is 3. The summed E-state index contributed by atoms with van der Waals surface area (Å²) in [7, 11) is 0. The van der Waals surface area contributed by atoms with E-state index in [1.807, 2.05) is 0 Å². The van der Waals surface area contributed by atoms with Crippen LogP contribution in [0.5, 0.6) is 0 Å². The van der Waals surface area contributed by atoms with Gasteiger partial charge < -0.3 is 34.0 Å². The number of hydrogen-bond acceptors (Lipinski definition) is 0. The molecule has 0 aromatic heterocycles. The Balaban J connectivity index is 0.00000150. The van der Waals surface area contributed by atoms with E-state index in [1.165, 1.54) is 28.7 Å². The molecule has 0 unspecified atom stereocenters. The summed E-state index contributed by atoms with van der Waals surface area (Å²) in [5, 5.41) is 0. The van der Waals surface area contributed by atoms with Crippen molar-refractivity contribution in [2.75, 3.05) is 0 Å². The number of hydrogen-bond donors (Lipinski definition) is 0. The summed E-state index contributed by atoms with van der Waals surface area (Å²) < 4.78 is 2.38. The molecule has 0 atom stereocenters. The molecule has 0 saturated heterocycles. The molecule has 0 N–H and O–H groups in total. The standard InChI is InChI=1S/C21H25.C5H5.2BrH.Zr/c1-20(2,3)16-9-7-14-11-15-8-10-17(21(4,5)6)13-19(15)18(14)12-16;1-2-4-5-3-1;;;/h7-13H,1-6H3;1-3H,4H2;2*1H;/q;;;;+2/p-2. The van der Waals surface area contributed by atoms with Crippen LogP contribution in [0.15, 0.2) is 57.9 Å². The van der Waals surface area contributed by atoms with Crippen LogP contribution in [0.4, 0.5) is 0 Å². The van der Waals surface area contributed by atoms with Crippen LogP contribution in [-0.4, -0.2) is 0 Å². The van der Waals surface area contributed by atoms with Gasteiger partial charge in [-0.25, -0.2) is 0 Å². The smallest absolute Gasteiger partial charge is 1.00 e. The molecule has 0 bridgehead atoms. The molecule has 2 aromatic carbocycles. The molecule has 0 heterocycles. The zero-order valence-electron chi connectivity index (χ0n) is 18.2. The Labute approximate surface area is 209 Å². The first kappa shape index (κ1) is 25.0. The Morgan fingerprint density at radius 1 is 0.759 bits per heavy atom. The number of rotatable bonds is 2. The van der Waals surface area contributed by atoms with Crippen LogP contribution in [-0.2, 0) is 34.1 Å². The van der Waals surface area contributed by atoms with Crippen molar-refractivity contribution in [2.45, 2.75) is 62.4 Å². The van der Waals surface area contributed by atoms with Crippen LogP contribution < -0.4 is 34.0 Å². The molecule has 2 aliphatic rings. The van der Waals surface area contributed by atoms with Crippen LogP contribution in [0.1, 0.15) is 73.8 Å². The van der Waals surface area contributed by atoms with Crippen molar-refractivity contribution in [3.63, 3.8) is 0 Å². The Morgan fingerprint density at radius 2 is 1.24 bits per heavy atom. The summed E-state index contributed by atoms with van der Waals surface area (Å²) in [4.78, 5) is 0. The van der Waals surface area contributed by atoms with Crippen LogP contribution in [0.3, 0.4) is 0 Å². The van der Waals surface area contributed by atoms with Gasteiger partial charge >= 0.3 is 177 Å². The van der Waals surface area contributed by atoms with E-state index in [2.05, 4.69) is 96.2 Å². The van der Waals surface area contributed by atoms with Crippen LogP contribution in [0.2, 0.25) is 0 Å². The average Bonchev–Trinajstić information content (AvgIpc) is 3.20. The molecular formula is C26H30Br2Zr. The van der Waals surface area contributed by atoms with Gasteiger partial charge in [-0.2, -0.15) is 0 Å². The SMILES string of the molecule is CC(C)(C)c1ccc2c(c1)-c1cc(C(C)(C)C)ccc1[CH]2[Zr+2][C]1=CC=CC1.[Br-].[Br-]. The van der Waals surface area contributed by atoms with Crippen LogP contribution in [0.25, 0.3) is 11.1 Å². The summed E-state index contributed by atoms with van der Waals surface area (Å²) in [6.45, 7) is 13.9. The number of benzene rings is 2. The van der Waals surface area contributed by atoms with Crippen LogP contribution >= 0.6 is 0 Å². The molecule has 0 amide bonds. The first-order valence-electron chi connectivity index (χ1n) is 10.1. The van der Waals surface area contributed by atoms with Gasteiger partial charge in [-0.05, 0) is 0 Å². The average molecular weight is 594 g/mol. The third kappa shape index (κ3) is 4.99. The minimum atomic E-state index is -0.680. The molecule has 0 fully saturated rings. The van der Waals surface area contributed by atoms with Gasteiger partial charge in [-0.1, -0.05) is 0 Å². The van der Waals surface area contributed by atoms with E-state index in [1.54, 1.807) is 14.4 Å². The predicted octanol–water partition coefficient (Wildman–Crippen LogP) is 1.29. The maximum Gasteiger partial charge on any atom is -1.00 e. The van der Waals surface area contributed by atoms with Crippen LogP contribution in [0, 0.1) is 0 Å². The second-order valence-corrected chi connectivity index (χ2v) is 13.7. The zero-order valence-corrected chi connectivity index (χ0v) is 23.9. The second kappa shape index (κ2) is 9.09. The predicted molar refractivity (Wildman–Crippen MR) is 113 cm³/mol. The summed E-state index contributed by atoms with van der Waals surface area (Å²) >= 11 is -0.680. The molecule has 0 aliphatic heterocycles. The molecule has 0 saturated carbocycles. The monoisotopic (exact) mass is 590 g/mol. The topological polar surface area (TPSA) is 0 Å². The van der Waals surface area contributed by atoms with Gasteiger partial charge in [-0.3, -0.25) is 0 Å². The van der Waals surface area contributed by atoms with Gasteiger partial charge in [0.15, 0.2) is 0 Å². The summed E-state index contributed by atoms with van der Waals surface area (Å²) in [6, 6.07) is 14.6. The van der Waals surface area contributed by atoms with E-state index in [0.717, 1.165) is 0 Å². The minimum absolute atomic E-state index is 0. The van der Waals surface area contributed by atoms with Gasteiger partial charge in [0, 0.05) is 0 Å². The van der Waals surface area contributed by atoms with Crippen molar-refractivity contribution in [1.82, 2.24) is 0 Å². The molecule has 29 heavy (non-hydrogen) atoms. The molecule has 0 radical (unpaired) electrons. The quantitative estimate of drug-likeness (QED) is 0.493. The summed E-state index contributed by atoms with van der Waals surface area (Å²) in [5.41, 5.74) is 9.44. The maximum absolute atomic E-state index is 2.49. The number of halogens is 2. The largest absolute Gasteiger partial charge is 1.00 e. The van der Waals surface area contributed by atoms with Crippen molar-refractivity contribution in [1.29, 1.82) is 0 Å². The fraction of sp³-hybridized carbons (Fsp3) is 0.385. The molecule has 4 rings (SSSR count). The summed E-state index contributed by atoms with van der Waals surface area (Å²) in [5.74, 6) is 0. The first-order valence-corrected chi connectivity index (χ1v) is 12.7. The molecular weight excluding hydrogens is 563 g/mol. The molecule has 2 aromatic rings. The third-order valence-electron chi connectivity index (χ3n) is 5.85. The van der Waals surface area contributed by atoms with Crippen molar-refractivity contribution in [3.8, 4) is 11.1 Å². The van der Waals surface area contributed by atoms with E-state index in [0.29, 0.717) is 3.63 Å². The molecule has 0 nitrogen and oxygen atoms in total. The van der Waals surface area contributed by atoms with E-state index >= 15 is 0 Å². The fourth-order valence-corrected chi connectivity index (χ4v) is 8.04. The maximum atomic E-state index is 2.49. The van der Waals surface area contributed by atoms with E-state index in [-0.39, 0.29) is 44.8 Å². The Hall–Kier alpha value is -0.237. The van der Waals surface area contributed by atoms with E-state index < -0.39 is 23.2 Å². The van der Waals surface area contributed by atoms with Gasteiger partial charge in [-0.15, -0.1) is 0 Å². The Morgan fingerprint density at radius 3 is 1.62 bits per heavy atom. The van der Waals surface area contributed by atoms with Gasteiger partial charge in [0.05, 0.1) is 0 Å². The first-order chi connectivity index (χ1) is 12.6. The van der Waals surface area contributed by atoms with E-state index in [9.17, 15) is 0 Å². The molecule has 0 spiro atoms. The normalized spacial score (nSPS) is 15.0. The summed E-state index contributed by atoms with van der Waals surface area (Å²) in [6.07, 6.45) is 8.14. The van der Waals surface area contributed by atoms with Gasteiger partial charge in [0.1, 0.15) is 0 Å². The minimum Gasteiger partial charge on any atom is -1.00 e. The zero-order chi connectivity index (χ0) is 19.4. The third-order valence-corrected chi connectivity index (χ3v) is 9.91. The molecule has 2 aliphatic carbocycles. The van der Waals surface area contributed by atoms with E-state index in [4.69, 9.17) is 0 Å². The molecule has 152 valence electrons. The van der Waals surface area contributed by atoms with Crippen molar-refractivity contribution in [2.24, 2.45) is 0 Å². The Bertz CT molecular complexity index is 892. The van der Waals surface area contributed by atoms with Crippen molar-refractivity contribution in [3.05, 3.63) is 80.2 Å². The second-order valence-electron chi connectivity index (χ2n) is 10.0. The number of allylic oxidation sites excluding steroid dienone is 4. The van der Waals surface area contributed by atoms with Gasteiger partial charge in [0.25, 0.3) is 0 Å².